The van der Waals surface area contributed by atoms with Gasteiger partial charge in [-0.2, -0.15) is 0 Å². The summed E-state index contributed by atoms with van der Waals surface area (Å²) in [6, 6.07) is 15.8. The molecule has 0 spiro atoms. The highest BCUT2D eigenvalue weighted by Crippen LogP contribution is 2.24. The van der Waals surface area contributed by atoms with Crippen LogP contribution in [0.4, 0.5) is 0 Å². The van der Waals surface area contributed by atoms with Crippen LogP contribution in [0.5, 0.6) is 5.75 Å². The highest BCUT2D eigenvalue weighted by atomic mass is 35.5. The fourth-order valence-corrected chi connectivity index (χ4v) is 2.92. The Morgan fingerprint density at radius 2 is 1.70 bits per heavy atom. The first kappa shape index (κ1) is 21.3. The van der Waals surface area contributed by atoms with Gasteiger partial charge >= 0.3 is 0 Å². The molecule has 0 saturated carbocycles. The molecule has 0 bridgehead atoms. The first-order valence-electron chi connectivity index (χ1n) is 9.59. The number of nitrogens with one attached hydrogen (secondary N) is 1. The van der Waals surface area contributed by atoms with E-state index in [4.69, 9.17) is 16.3 Å². The lowest BCUT2D eigenvalue weighted by Crippen LogP contribution is -2.38. The number of rotatable bonds is 8. The number of hydrogen-bond donors (Lipinski definition) is 1. The zero-order valence-electron chi connectivity index (χ0n) is 16.7. The molecule has 0 saturated heterocycles. The minimum atomic E-state index is -0.471. The quantitative estimate of drug-likeness (QED) is 0.603. The van der Waals surface area contributed by atoms with Crippen molar-refractivity contribution in [3.8, 4) is 5.75 Å². The molecule has 0 aliphatic heterocycles. The van der Waals surface area contributed by atoms with Crippen LogP contribution in [0.1, 0.15) is 51.7 Å². The van der Waals surface area contributed by atoms with Crippen molar-refractivity contribution in [1.82, 2.24) is 5.32 Å². The van der Waals surface area contributed by atoms with Gasteiger partial charge in [-0.3, -0.25) is 4.79 Å². The van der Waals surface area contributed by atoms with E-state index in [1.54, 1.807) is 0 Å². The number of aryl methyl sites for hydroxylation is 1. The number of amides is 1. The SMILES string of the molecule is CC[C@H](Oc1ccc(C(C)(C)C)cc1)C(=O)NCCCc1ccc(Cl)cc1. The third-order valence-electron chi connectivity index (χ3n) is 4.52. The van der Waals surface area contributed by atoms with Gasteiger partial charge in [-0.05, 0) is 60.1 Å². The van der Waals surface area contributed by atoms with Gasteiger partial charge in [0.15, 0.2) is 6.10 Å². The summed E-state index contributed by atoms with van der Waals surface area (Å²) in [6.45, 7) is 9.12. The van der Waals surface area contributed by atoms with E-state index in [9.17, 15) is 4.79 Å². The Morgan fingerprint density at radius 1 is 1.07 bits per heavy atom. The minimum absolute atomic E-state index is 0.0616. The van der Waals surface area contributed by atoms with Gasteiger partial charge in [-0.1, -0.05) is 63.6 Å². The molecule has 2 aromatic rings. The van der Waals surface area contributed by atoms with Gasteiger partial charge in [0.1, 0.15) is 5.75 Å². The monoisotopic (exact) mass is 387 g/mol. The molecule has 4 heteroatoms. The van der Waals surface area contributed by atoms with Crippen molar-refractivity contribution in [2.24, 2.45) is 0 Å². The van der Waals surface area contributed by atoms with Crippen molar-refractivity contribution >= 4 is 17.5 Å². The molecule has 0 radical (unpaired) electrons. The predicted molar refractivity (Wildman–Crippen MR) is 113 cm³/mol. The lowest BCUT2D eigenvalue weighted by atomic mass is 9.87. The van der Waals surface area contributed by atoms with Crippen LogP contribution in [0.3, 0.4) is 0 Å². The number of ether oxygens (including phenoxy) is 1. The maximum absolute atomic E-state index is 12.4. The lowest BCUT2D eigenvalue weighted by molar-refractivity contribution is -0.128. The molecule has 1 atom stereocenters. The topological polar surface area (TPSA) is 38.3 Å². The molecule has 27 heavy (non-hydrogen) atoms. The van der Waals surface area contributed by atoms with Gasteiger partial charge in [0.2, 0.25) is 0 Å². The van der Waals surface area contributed by atoms with Crippen LogP contribution in [0.2, 0.25) is 5.02 Å². The number of carbonyl (C=O) groups is 1. The summed E-state index contributed by atoms with van der Waals surface area (Å²) in [5.41, 5.74) is 2.56. The minimum Gasteiger partial charge on any atom is -0.481 e. The van der Waals surface area contributed by atoms with Gasteiger partial charge in [-0.25, -0.2) is 0 Å². The van der Waals surface area contributed by atoms with Crippen molar-refractivity contribution in [1.29, 1.82) is 0 Å². The van der Waals surface area contributed by atoms with E-state index in [1.807, 2.05) is 43.3 Å². The molecule has 2 rings (SSSR count). The summed E-state index contributed by atoms with van der Waals surface area (Å²) in [7, 11) is 0. The molecule has 0 heterocycles. The first-order chi connectivity index (χ1) is 12.8. The van der Waals surface area contributed by atoms with Crippen molar-refractivity contribution in [3.05, 3.63) is 64.7 Å². The fraction of sp³-hybridized carbons (Fsp3) is 0.435. The van der Waals surface area contributed by atoms with Crippen molar-refractivity contribution in [2.75, 3.05) is 6.54 Å². The Kier molecular flexibility index (Phi) is 7.73. The second kappa shape index (κ2) is 9.80. The predicted octanol–water partition coefficient (Wildman–Crippen LogP) is 5.54. The molecule has 0 fully saturated rings. The van der Waals surface area contributed by atoms with Crippen LogP contribution >= 0.6 is 11.6 Å². The van der Waals surface area contributed by atoms with E-state index in [-0.39, 0.29) is 11.3 Å². The summed E-state index contributed by atoms with van der Waals surface area (Å²) < 4.78 is 5.89. The van der Waals surface area contributed by atoms with E-state index in [2.05, 4.69) is 38.2 Å². The van der Waals surface area contributed by atoms with Gasteiger partial charge in [-0.15, -0.1) is 0 Å². The van der Waals surface area contributed by atoms with E-state index in [0.29, 0.717) is 13.0 Å². The van der Waals surface area contributed by atoms with Crippen LogP contribution in [-0.4, -0.2) is 18.6 Å². The summed E-state index contributed by atoms with van der Waals surface area (Å²) in [6.07, 6.45) is 1.94. The number of hydrogen-bond acceptors (Lipinski definition) is 2. The fourth-order valence-electron chi connectivity index (χ4n) is 2.79. The van der Waals surface area contributed by atoms with Crippen LogP contribution in [0, 0.1) is 0 Å². The normalized spacial score (nSPS) is 12.5. The average Bonchev–Trinajstić information content (AvgIpc) is 2.64. The van der Waals surface area contributed by atoms with Crippen molar-refractivity contribution in [3.63, 3.8) is 0 Å². The zero-order chi connectivity index (χ0) is 19.9. The maximum atomic E-state index is 12.4. The Bertz CT molecular complexity index is 718. The maximum Gasteiger partial charge on any atom is 0.261 e. The Labute approximate surface area is 168 Å². The van der Waals surface area contributed by atoms with Gasteiger partial charge in [0, 0.05) is 11.6 Å². The number of carbonyl (C=O) groups excluding carboxylic acids is 1. The van der Waals surface area contributed by atoms with Crippen LogP contribution in [0.25, 0.3) is 0 Å². The van der Waals surface area contributed by atoms with Gasteiger partial charge in [0.05, 0.1) is 0 Å². The van der Waals surface area contributed by atoms with Crippen molar-refractivity contribution < 1.29 is 9.53 Å². The number of benzene rings is 2. The van der Waals surface area contributed by atoms with E-state index in [1.165, 1.54) is 11.1 Å². The molecule has 3 nitrogen and oxygen atoms in total. The smallest absolute Gasteiger partial charge is 0.261 e. The largest absolute Gasteiger partial charge is 0.481 e. The molecule has 0 aliphatic carbocycles. The number of halogens is 1. The summed E-state index contributed by atoms with van der Waals surface area (Å²) in [4.78, 5) is 12.4. The van der Waals surface area contributed by atoms with E-state index < -0.39 is 6.10 Å². The van der Waals surface area contributed by atoms with E-state index in [0.717, 1.165) is 23.6 Å². The molecular weight excluding hydrogens is 358 g/mol. The summed E-state index contributed by atoms with van der Waals surface area (Å²) in [5.74, 6) is 0.666. The first-order valence-corrected chi connectivity index (χ1v) is 9.96. The third kappa shape index (κ3) is 6.91. The molecule has 1 N–H and O–H groups in total. The zero-order valence-corrected chi connectivity index (χ0v) is 17.5. The second-order valence-electron chi connectivity index (χ2n) is 7.81. The van der Waals surface area contributed by atoms with Gasteiger partial charge in [0.25, 0.3) is 5.91 Å². The Morgan fingerprint density at radius 3 is 2.26 bits per heavy atom. The second-order valence-corrected chi connectivity index (χ2v) is 8.25. The lowest BCUT2D eigenvalue weighted by Gasteiger charge is -2.21. The molecule has 2 aromatic carbocycles. The molecular formula is C23H30ClNO2. The third-order valence-corrected chi connectivity index (χ3v) is 4.77. The summed E-state index contributed by atoms with van der Waals surface area (Å²) >= 11 is 5.89. The van der Waals surface area contributed by atoms with E-state index >= 15 is 0 Å². The Hall–Kier alpha value is -2.00. The standard InChI is InChI=1S/C23H30ClNO2/c1-5-21(27-20-14-10-18(11-15-20)23(2,3)4)22(26)25-16-6-7-17-8-12-19(24)13-9-17/h8-15,21H,5-7,16H2,1-4H3,(H,25,26)/t21-/m0/s1. The molecule has 0 aliphatic rings. The highest BCUT2D eigenvalue weighted by Gasteiger charge is 2.18. The molecule has 1 amide bonds. The average molecular weight is 388 g/mol. The van der Waals surface area contributed by atoms with Crippen LogP contribution < -0.4 is 10.1 Å². The van der Waals surface area contributed by atoms with Crippen LogP contribution in [-0.2, 0) is 16.6 Å². The molecule has 0 aromatic heterocycles. The van der Waals surface area contributed by atoms with Crippen molar-refractivity contribution in [2.45, 2.75) is 58.5 Å². The highest BCUT2D eigenvalue weighted by molar-refractivity contribution is 6.30. The molecule has 146 valence electrons. The molecule has 0 unspecified atom stereocenters. The van der Waals surface area contributed by atoms with Crippen LogP contribution in [0.15, 0.2) is 48.5 Å². The Balaban J connectivity index is 1.80. The van der Waals surface area contributed by atoms with Gasteiger partial charge < -0.3 is 10.1 Å². The summed E-state index contributed by atoms with van der Waals surface area (Å²) in [5, 5.41) is 3.72.